The lowest BCUT2D eigenvalue weighted by molar-refractivity contribution is 0.560. The number of aryl methyl sites for hydroxylation is 1. The van der Waals surface area contributed by atoms with Gasteiger partial charge in [0.15, 0.2) is 0 Å². The van der Waals surface area contributed by atoms with E-state index in [0.29, 0.717) is 0 Å². The molecule has 0 atom stereocenters. The second-order valence-electron chi connectivity index (χ2n) is 2.31. The van der Waals surface area contributed by atoms with Gasteiger partial charge in [0, 0.05) is 12.1 Å². The Kier molecular flexibility index (Phi) is 2.51. The van der Waals surface area contributed by atoms with Gasteiger partial charge >= 0.3 is 0 Å². The van der Waals surface area contributed by atoms with E-state index >= 15 is 0 Å². The van der Waals surface area contributed by atoms with Gasteiger partial charge in [-0.2, -0.15) is 0 Å². The van der Waals surface area contributed by atoms with Crippen molar-refractivity contribution in [3.8, 4) is 0 Å². The van der Waals surface area contributed by atoms with E-state index in [1.807, 2.05) is 13.3 Å². The molecule has 0 aromatic carbocycles. The zero-order chi connectivity index (χ0) is 7.40. The van der Waals surface area contributed by atoms with E-state index in [-0.39, 0.29) is 0 Å². The van der Waals surface area contributed by atoms with Gasteiger partial charge in [-0.1, -0.05) is 6.92 Å². The zero-order valence-electron chi connectivity index (χ0n) is 6.48. The average Bonchev–Trinajstić information content (AvgIpc) is 2.36. The van der Waals surface area contributed by atoms with E-state index in [1.54, 1.807) is 6.26 Å². The third-order valence-electron chi connectivity index (χ3n) is 1.58. The third kappa shape index (κ3) is 1.39. The molecule has 0 bridgehead atoms. The molecule has 1 heterocycles. The highest BCUT2D eigenvalue weighted by atomic mass is 16.3. The van der Waals surface area contributed by atoms with Crippen LogP contribution in [0.1, 0.15) is 18.1 Å². The molecular formula is C8H13NO. The predicted octanol–water partition coefficient (Wildman–Crippen LogP) is 1.56. The molecular weight excluding hydrogens is 126 g/mol. The van der Waals surface area contributed by atoms with Crippen LogP contribution in [0.4, 0.5) is 0 Å². The van der Waals surface area contributed by atoms with Crippen LogP contribution in [0, 0.1) is 0 Å². The number of rotatable bonds is 3. The summed E-state index contributed by atoms with van der Waals surface area (Å²) in [5.41, 5.74) is 2.57. The first-order valence-corrected chi connectivity index (χ1v) is 3.57. The Labute approximate surface area is 61.2 Å². The summed E-state index contributed by atoms with van der Waals surface area (Å²) in [5, 5.41) is 3.08. The highest BCUT2D eigenvalue weighted by Gasteiger charge is 2.00. The van der Waals surface area contributed by atoms with E-state index in [0.717, 1.165) is 13.0 Å². The maximum atomic E-state index is 5.05. The Morgan fingerprint density at radius 2 is 2.10 bits per heavy atom. The fraction of sp³-hybridized carbons (Fsp3) is 0.500. The van der Waals surface area contributed by atoms with Gasteiger partial charge in [0.2, 0.25) is 0 Å². The second kappa shape index (κ2) is 3.42. The van der Waals surface area contributed by atoms with Crippen LogP contribution in [0.5, 0.6) is 0 Å². The van der Waals surface area contributed by atoms with Crippen molar-refractivity contribution in [1.82, 2.24) is 5.32 Å². The minimum absolute atomic E-state index is 0.902. The first-order chi connectivity index (χ1) is 4.88. The minimum Gasteiger partial charge on any atom is -0.472 e. The highest BCUT2D eigenvalue weighted by Crippen LogP contribution is 2.09. The normalized spacial score (nSPS) is 10.2. The summed E-state index contributed by atoms with van der Waals surface area (Å²) in [6.45, 7) is 3.03. The molecule has 1 aromatic heterocycles. The van der Waals surface area contributed by atoms with E-state index in [9.17, 15) is 0 Å². The topological polar surface area (TPSA) is 25.2 Å². The lowest BCUT2D eigenvalue weighted by Crippen LogP contribution is -2.05. The zero-order valence-corrected chi connectivity index (χ0v) is 6.48. The molecule has 0 aliphatic rings. The van der Waals surface area contributed by atoms with Crippen molar-refractivity contribution in [3.05, 3.63) is 23.7 Å². The van der Waals surface area contributed by atoms with Crippen LogP contribution in [0.2, 0.25) is 0 Å². The summed E-state index contributed by atoms with van der Waals surface area (Å²) in [5.74, 6) is 0. The molecule has 0 aliphatic carbocycles. The van der Waals surface area contributed by atoms with Gasteiger partial charge < -0.3 is 9.73 Å². The van der Waals surface area contributed by atoms with Crippen LogP contribution < -0.4 is 5.32 Å². The Morgan fingerprint density at radius 1 is 1.40 bits per heavy atom. The van der Waals surface area contributed by atoms with Gasteiger partial charge in [-0.3, -0.25) is 0 Å². The fourth-order valence-corrected chi connectivity index (χ4v) is 1.01. The summed E-state index contributed by atoms with van der Waals surface area (Å²) >= 11 is 0. The van der Waals surface area contributed by atoms with E-state index < -0.39 is 0 Å². The largest absolute Gasteiger partial charge is 0.472 e. The van der Waals surface area contributed by atoms with Crippen molar-refractivity contribution in [1.29, 1.82) is 0 Å². The van der Waals surface area contributed by atoms with Crippen LogP contribution in [0.3, 0.4) is 0 Å². The molecule has 0 saturated carbocycles. The predicted molar refractivity (Wildman–Crippen MR) is 40.8 cm³/mol. The van der Waals surface area contributed by atoms with Crippen molar-refractivity contribution in [2.75, 3.05) is 7.05 Å². The van der Waals surface area contributed by atoms with E-state index in [4.69, 9.17) is 4.42 Å². The van der Waals surface area contributed by atoms with Gasteiger partial charge in [-0.25, -0.2) is 0 Å². The number of hydrogen-bond acceptors (Lipinski definition) is 2. The second-order valence-corrected chi connectivity index (χ2v) is 2.31. The van der Waals surface area contributed by atoms with Gasteiger partial charge in [-0.15, -0.1) is 0 Å². The Hall–Kier alpha value is -0.760. The van der Waals surface area contributed by atoms with Gasteiger partial charge in [0.25, 0.3) is 0 Å². The molecule has 1 rings (SSSR count). The van der Waals surface area contributed by atoms with E-state index in [1.165, 1.54) is 11.1 Å². The fourth-order valence-electron chi connectivity index (χ4n) is 1.01. The van der Waals surface area contributed by atoms with Crippen molar-refractivity contribution in [2.45, 2.75) is 19.9 Å². The Balaban J connectivity index is 2.70. The third-order valence-corrected chi connectivity index (χ3v) is 1.58. The first-order valence-electron chi connectivity index (χ1n) is 3.57. The summed E-state index contributed by atoms with van der Waals surface area (Å²) < 4.78 is 5.05. The molecule has 0 radical (unpaired) electrons. The lowest BCUT2D eigenvalue weighted by atomic mass is 10.1. The van der Waals surface area contributed by atoms with Crippen molar-refractivity contribution >= 4 is 0 Å². The molecule has 0 amide bonds. The number of furan rings is 1. The molecule has 0 aliphatic heterocycles. The first kappa shape index (κ1) is 7.35. The Bertz CT molecular complexity index is 193. The molecule has 1 N–H and O–H groups in total. The number of hydrogen-bond donors (Lipinski definition) is 1. The summed E-state index contributed by atoms with van der Waals surface area (Å²) in [7, 11) is 1.94. The molecule has 0 saturated heterocycles. The van der Waals surface area contributed by atoms with Crippen LogP contribution in [-0.4, -0.2) is 7.05 Å². The molecule has 0 fully saturated rings. The average molecular weight is 139 g/mol. The monoisotopic (exact) mass is 139 g/mol. The molecule has 56 valence electrons. The summed E-state index contributed by atoms with van der Waals surface area (Å²) in [4.78, 5) is 0. The standard InChI is InChI=1S/C8H13NO/c1-3-7-5-10-6-8(7)4-9-2/h5-6,9H,3-4H2,1-2H3. The molecule has 10 heavy (non-hydrogen) atoms. The van der Waals surface area contributed by atoms with Crippen LogP contribution in [0.25, 0.3) is 0 Å². The Morgan fingerprint density at radius 3 is 2.70 bits per heavy atom. The maximum Gasteiger partial charge on any atom is 0.0950 e. The molecule has 2 nitrogen and oxygen atoms in total. The van der Waals surface area contributed by atoms with Crippen molar-refractivity contribution < 1.29 is 4.42 Å². The maximum absolute atomic E-state index is 5.05. The molecule has 0 spiro atoms. The van der Waals surface area contributed by atoms with Gasteiger partial charge in [0.1, 0.15) is 0 Å². The summed E-state index contributed by atoms with van der Waals surface area (Å²) in [6.07, 6.45) is 4.66. The van der Waals surface area contributed by atoms with Gasteiger partial charge in [-0.05, 0) is 19.0 Å². The smallest absolute Gasteiger partial charge is 0.0950 e. The SMILES string of the molecule is CCc1cocc1CNC. The minimum atomic E-state index is 0.902. The molecule has 0 unspecified atom stereocenters. The van der Waals surface area contributed by atoms with Crippen molar-refractivity contribution in [2.24, 2.45) is 0 Å². The van der Waals surface area contributed by atoms with Crippen LogP contribution >= 0.6 is 0 Å². The molecule has 1 aromatic rings. The quantitative estimate of drug-likeness (QED) is 0.687. The summed E-state index contributed by atoms with van der Waals surface area (Å²) in [6, 6.07) is 0. The molecule has 2 heteroatoms. The van der Waals surface area contributed by atoms with E-state index in [2.05, 4.69) is 12.2 Å². The highest BCUT2D eigenvalue weighted by molar-refractivity contribution is 5.20. The van der Waals surface area contributed by atoms with Gasteiger partial charge in [0.05, 0.1) is 12.5 Å². The van der Waals surface area contributed by atoms with Crippen LogP contribution in [-0.2, 0) is 13.0 Å². The van der Waals surface area contributed by atoms with Crippen molar-refractivity contribution in [3.63, 3.8) is 0 Å². The van der Waals surface area contributed by atoms with Crippen LogP contribution in [0.15, 0.2) is 16.9 Å². The number of nitrogens with one attached hydrogen (secondary N) is 1. The lowest BCUT2D eigenvalue weighted by Gasteiger charge is -1.96.